The maximum absolute atomic E-state index is 13.1. The number of carbonyl (C=O) groups is 1. The van der Waals surface area contributed by atoms with Gasteiger partial charge in [-0.25, -0.2) is 4.68 Å². The van der Waals surface area contributed by atoms with Crippen LogP contribution in [-0.2, 0) is 0 Å². The number of rotatable bonds is 5. The minimum atomic E-state index is -0.286. The van der Waals surface area contributed by atoms with Crippen molar-refractivity contribution in [2.24, 2.45) is 10.2 Å². The van der Waals surface area contributed by atoms with Crippen LogP contribution in [-0.4, -0.2) is 21.3 Å². The summed E-state index contributed by atoms with van der Waals surface area (Å²) in [4.78, 5) is 14.6. The first-order valence-corrected chi connectivity index (χ1v) is 11.2. The van der Waals surface area contributed by atoms with Crippen LogP contribution in [0.5, 0.6) is 0 Å². The highest BCUT2D eigenvalue weighted by Crippen LogP contribution is 2.21. The van der Waals surface area contributed by atoms with Crippen LogP contribution in [0.2, 0.25) is 0 Å². The number of nitrogens with zero attached hydrogens (tertiary/aromatic N) is 4. The van der Waals surface area contributed by atoms with E-state index in [9.17, 15) is 4.79 Å². The minimum Gasteiger partial charge on any atom is -0.452 e. The van der Waals surface area contributed by atoms with Crippen molar-refractivity contribution in [2.45, 2.75) is 6.92 Å². The van der Waals surface area contributed by atoms with Crippen LogP contribution in [0.1, 0.15) is 27.4 Å². The molecule has 0 aliphatic rings. The molecule has 6 nitrogen and oxygen atoms in total. The summed E-state index contributed by atoms with van der Waals surface area (Å²) in [5.74, 6) is -0.0359. The number of hydrogen-bond donors (Lipinski definition) is 0. The molecule has 0 bridgehead atoms. The number of aromatic nitrogens is 2. The Kier molecular flexibility index (Phi) is 5.15. The standard InChI is InChI=1S/C23H16N4O2S2/c1-15(20-12-7-13-30-20)24-25-23-27(17-9-3-2-4-10-17)26-22(31-23)21(28)19-14-16-8-5-6-11-18(16)29-19/h2-14H,1H3/b24-15+,25-23+. The summed E-state index contributed by atoms with van der Waals surface area (Å²) in [5, 5.41) is 16.5. The van der Waals surface area contributed by atoms with E-state index in [1.807, 2.05) is 79.0 Å². The highest BCUT2D eigenvalue weighted by Gasteiger charge is 2.20. The molecule has 3 aromatic heterocycles. The van der Waals surface area contributed by atoms with E-state index in [1.54, 1.807) is 22.1 Å². The molecule has 0 radical (unpaired) electrons. The lowest BCUT2D eigenvalue weighted by Crippen LogP contribution is -2.14. The van der Waals surface area contributed by atoms with Gasteiger partial charge < -0.3 is 4.42 Å². The van der Waals surface area contributed by atoms with E-state index < -0.39 is 0 Å². The lowest BCUT2D eigenvalue weighted by Gasteiger charge is -1.99. The van der Waals surface area contributed by atoms with Gasteiger partial charge in [0.05, 0.1) is 16.3 Å². The SMILES string of the molecule is C/C(=N\N=c1\sc(C(=O)c2cc3ccccc3o2)nn1-c1ccccc1)c1cccs1. The van der Waals surface area contributed by atoms with Crippen molar-refractivity contribution in [1.29, 1.82) is 0 Å². The summed E-state index contributed by atoms with van der Waals surface area (Å²) in [6.45, 7) is 1.91. The summed E-state index contributed by atoms with van der Waals surface area (Å²) in [6.07, 6.45) is 0. The van der Waals surface area contributed by atoms with E-state index in [4.69, 9.17) is 4.42 Å². The predicted octanol–water partition coefficient (Wildman–Crippen LogP) is 5.30. The molecular weight excluding hydrogens is 428 g/mol. The van der Waals surface area contributed by atoms with E-state index in [-0.39, 0.29) is 16.6 Å². The fourth-order valence-electron chi connectivity index (χ4n) is 3.03. The number of para-hydroxylation sites is 2. The smallest absolute Gasteiger partial charge is 0.258 e. The number of fused-ring (bicyclic) bond motifs is 1. The number of carbonyl (C=O) groups excluding carboxylic acids is 1. The largest absolute Gasteiger partial charge is 0.452 e. The number of thiophene rings is 1. The molecule has 152 valence electrons. The van der Waals surface area contributed by atoms with Crippen LogP contribution in [0.3, 0.4) is 0 Å². The van der Waals surface area contributed by atoms with Crippen molar-refractivity contribution < 1.29 is 9.21 Å². The van der Waals surface area contributed by atoms with Crippen molar-refractivity contribution in [2.75, 3.05) is 0 Å². The molecule has 0 aliphatic heterocycles. The first-order chi connectivity index (χ1) is 15.2. The highest BCUT2D eigenvalue weighted by atomic mass is 32.1. The normalized spacial score (nSPS) is 12.5. The predicted molar refractivity (Wildman–Crippen MR) is 123 cm³/mol. The molecule has 0 aliphatic carbocycles. The fourth-order valence-corrected chi connectivity index (χ4v) is 4.50. The Labute approximate surface area is 185 Å². The van der Waals surface area contributed by atoms with Gasteiger partial charge in [0.1, 0.15) is 5.58 Å². The van der Waals surface area contributed by atoms with E-state index in [2.05, 4.69) is 15.3 Å². The van der Waals surface area contributed by atoms with E-state index >= 15 is 0 Å². The van der Waals surface area contributed by atoms with Crippen LogP contribution < -0.4 is 4.80 Å². The molecule has 0 atom stereocenters. The third kappa shape index (κ3) is 3.90. The van der Waals surface area contributed by atoms with Crippen molar-refractivity contribution in [3.63, 3.8) is 0 Å². The minimum absolute atomic E-state index is 0.250. The lowest BCUT2D eigenvalue weighted by atomic mass is 10.2. The van der Waals surface area contributed by atoms with Gasteiger partial charge in [-0.05, 0) is 42.6 Å². The molecule has 8 heteroatoms. The highest BCUT2D eigenvalue weighted by molar-refractivity contribution is 7.12. The molecule has 0 amide bonds. The molecule has 5 rings (SSSR count). The van der Waals surface area contributed by atoms with Gasteiger partial charge >= 0.3 is 0 Å². The summed E-state index contributed by atoms with van der Waals surface area (Å²) < 4.78 is 7.37. The summed E-state index contributed by atoms with van der Waals surface area (Å²) in [6, 6.07) is 22.8. The molecule has 0 saturated carbocycles. The number of benzene rings is 2. The third-order valence-electron chi connectivity index (χ3n) is 4.57. The summed E-state index contributed by atoms with van der Waals surface area (Å²) in [7, 11) is 0. The number of hydrogen-bond acceptors (Lipinski definition) is 7. The second kappa shape index (κ2) is 8.25. The van der Waals surface area contributed by atoms with Gasteiger partial charge in [-0.2, -0.15) is 10.2 Å². The number of ketones is 1. The topological polar surface area (TPSA) is 72.8 Å². The monoisotopic (exact) mass is 444 g/mol. The Morgan fingerprint density at radius 2 is 1.84 bits per heavy atom. The Balaban J connectivity index is 1.60. The van der Waals surface area contributed by atoms with Crippen molar-refractivity contribution in [1.82, 2.24) is 9.78 Å². The second-order valence-electron chi connectivity index (χ2n) is 6.68. The number of furan rings is 1. The van der Waals surface area contributed by atoms with Crippen LogP contribution >= 0.6 is 22.7 Å². The van der Waals surface area contributed by atoms with Gasteiger partial charge in [-0.1, -0.05) is 53.8 Å². The molecule has 5 aromatic rings. The third-order valence-corrected chi connectivity index (χ3v) is 6.44. The van der Waals surface area contributed by atoms with E-state index in [0.29, 0.717) is 10.4 Å². The zero-order chi connectivity index (χ0) is 21.2. The Morgan fingerprint density at radius 1 is 1.03 bits per heavy atom. The van der Waals surface area contributed by atoms with Gasteiger partial charge in [-0.15, -0.1) is 16.4 Å². The summed E-state index contributed by atoms with van der Waals surface area (Å²) in [5.41, 5.74) is 2.26. The maximum atomic E-state index is 13.1. The molecular formula is C23H16N4O2S2. The average molecular weight is 445 g/mol. The van der Waals surface area contributed by atoms with Crippen LogP contribution in [0, 0.1) is 0 Å². The first-order valence-electron chi connectivity index (χ1n) is 9.50. The van der Waals surface area contributed by atoms with Crippen LogP contribution in [0.25, 0.3) is 16.7 Å². The maximum Gasteiger partial charge on any atom is 0.258 e. The average Bonchev–Trinajstić information content (AvgIpc) is 3.57. The zero-order valence-corrected chi connectivity index (χ0v) is 18.1. The Bertz CT molecular complexity index is 1430. The first kappa shape index (κ1) is 19.3. The van der Waals surface area contributed by atoms with Crippen molar-refractivity contribution in [3.05, 3.63) is 98.6 Å². The van der Waals surface area contributed by atoms with E-state index in [1.165, 1.54) is 11.3 Å². The van der Waals surface area contributed by atoms with Gasteiger partial charge in [0.15, 0.2) is 10.8 Å². The van der Waals surface area contributed by atoms with Gasteiger partial charge in [-0.3, -0.25) is 4.79 Å². The Hall–Kier alpha value is -3.62. The molecule has 3 heterocycles. The van der Waals surface area contributed by atoms with Gasteiger partial charge in [0.2, 0.25) is 4.80 Å². The van der Waals surface area contributed by atoms with Gasteiger partial charge in [0.25, 0.3) is 5.78 Å². The van der Waals surface area contributed by atoms with Crippen LogP contribution in [0.4, 0.5) is 0 Å². The molecule has 0 N–H and O–H groups in total. The molecule has 0 fully saturated rings. The molecule has 0 saturated heterocycles. The van der Waals surface area contributed by atoms with E-state index in [0.717, 1.165) is 21.7 Å². The molecule has 0 unspecified atom stereocenters. The second-order valence-corrected chi connectivity index (χ2v) is 8.58. The lowest BCUT2D eigenvalue weighted by molar-refractivity contribution is 0.101. The fraction of sp³-hybridized carbons (Fsp3) is 0.0435. The molecule has 2 aromatic carbocycles. The quantitative estimate of drug-likeness (QED) is 0.210. The molecule has 31 heavy (non-hydrogen) atoms. The Morgan fingerprint density at radius 3 is 2.61 bits per heavy atom. The zero-order valence-electron chi connectivity index (χ0n) is 16.4. The molecule has 0 spiro atoms. The van der Waals surface area contributed by atoms with Gasteiger partial charge in [0, 0.05) is 5.39 Å². The van der Waals surface area contributed by atoms with Crippen molar-refractivity contribution >= 4 is 45.1 Å². The summed E-state index contributed by atoms with van der Waals surface area (Å²) >= 11 is 2.78. The van der Waals surface area contributed by atoms with Crippen LogP contribution in [0.15, 0.2) is 92.8 Å². The van der Waals surface area contributed by atoms with Crippen molar-refractivity contribution in [3.8, 4) is 5.69 Å².